The lowest BCUT2D eigenvalue weighted by atomic mass is 10.1. The second-order valence-electron chi connectivity index (χ2n) is 6.48. The molecule has 0 saturated heterocycles. The molecule has 0 aliphatic carbocycles. The summed E-state index contributed by atoms with van der Waals surface area (Å²) in [5.41, 5.74) is 0.260. The van der Waals surface area contributed by atoms with Crippen molar-refractivity contribution in [3.63, 3.8) is 0 Å². The van der Waals surface area contributed by atoms with Crippen LogP contribution in [0.5, 0.6) is 5.75 Å². The van der Waals surface area contributed by atoms with Gasteiger partial charge in [-0.05, 0) is 31.2 Å². The quantitative estimate of drug-likeness (QED) is 0.494. The van der Waals surface area contributed by atoms with Crippen LogP contribution in [-0.4, -0.2) is 22.5 Å². The van der Waals surface area contributed by atoms with Crippen molar-refractivity contribution in [2.45, 2.75) is 13.0 Å². The summed E-state index contributed by atoms with van der Waals surface area (Å²) in [5, 5.41) is 2.73. The zero-order valence-corrected chi connectivity index (χ0v) is 16.3. The number of hydrogen-bond donors (Lipinski definition) is 1. The maximum Gasteiger partial charge on any atom is 0.344 e. The highest BCUT2D eigenvalue weighted by atomic mass is 35.5. The summed E-state index contributed by atoms with van der Waals surface area (Å²) in [6, 6.07) is 17.9. The van der Waals surface area contributed by atoms with E-state index in [1.165, 1.54) is 0 Å². The summed E-state index contributed by atoms with van der Waals surface area (Å²) in [6.07, 6.45) is -0.731. The molecule has 0 spiro atoms. The molecule has 1 atom stereocenters. The highest BCUT2D eigenvalue weighted by Crippen LogP contribution is 2.31. The van der Waals surface area contributed by atoms with Crippen LogP contribution in [0.4, 0.5) is 0 Å². The molecule has 0 amide bonds. The zero-order valence-electron chi connectivity index (χ0n) is 15.5. The summed E-state index contributed by atoms with van der Waals surface area (Å²) in [5.74, 6) is 0.234. The topological polar surface area (TPSA) is 81.3 Å². The third-order valence-electron chi connectivity index (χ3n) is 4.50. The number of aromatic amines is 1. The predicted molar refractivity (Wildman–Crippen MR) is 111 cm³/mol. The maximum atomic E-state index is 12.3. The van der Waals surface area contributed by atoms with E-state index in [1.54, 1.807) is 43.3 Å². The maximum absolute atomic E-state index is 12.3. The molecule has 0 aliphatic rings. The van der Waals surface area contributed by atoms with Crippen LogP contribution in [0.15, 0.2) is 65.5 Å². The van der Waals surface area contributed by atoms with Crippen molar-refractivity contribution < 1.29 is 14.3 Å². The van der Waals surface area contributed by atoms with Crippen molar-refractivity contribution >= 4 is 39.2 Å². The van der Waals surface area contributed by atoms with E-state index in [1.807, 2.05) is 24.3 Å². The molecule has 1 heterocycles. The molecule has 3 aromatic carbocycles. The number of aromatic nitrogens is 2. The standard InChI is InChI=1S/C22H17ClN2O4/c1-13(21-24-18-9-5-4-8-16(18)22(27)25-21)29-20(26)12-28-19-11-10-17(23)14-6-2-3-7-15(14)19/h2-11,13H,12H2,1H3,(H,24,25,27)/t13-/m1/s1. The third-order valence-corrected chi connectivity index (χ3v) is 4.83. The minimum Gasteiger partial charge on any atom is -0.481 e. The first-order valence-corrected chi connectivity index (χ1v) is 9.39. The second kappa shape index (κ2) is 7.93. The van der Waals surface area contributed by atoms with Gasteiger partial charge in [-0.1, -0.05) is 48.0 Å². The largest absolute Gasteiger partial charge is 0.481 e. The van der Waals surface area contributed by atoms with Crippen LogP contribution in [0, 0.1) is 0 Å². The fourth-order valence-corrected chi connectivity index (χ4v) is 3.31. The first-order chi connectivity index (χ1) is 14.0. The summed E-state index contributed by atoms with van der Waals surface area (Å²) in [7, 11) is 0. The molecule has 0 radical (unpaired) electrons. The van der Waals surface area contributed by atoms with E-state index in [0.29, 0.717) is 21.7 Å². The minimum absolute atomic E-state index is 0.277. The summed E-state index contributed by atoms with van der Waals surface area (Å²) < 4.78 is 11.0. The van der Waals surface area contributed by atoms with Gasteiger partial charge in [-0.3, -0.25) is 4.79 Å². The number of ether oxygens (including phenoxy) is 2. The van der Waals surface area contributed by atoms with Crippen molar-refractivity contribution in [3.8, 4) is 5.75 Å². The Bertz CT molecular complexity index is 1270. The average molecular weight is 409 g/mol. The lowest BCUT2D eigenvalue weighted by Gasteiger charge is -2.14. The predicted octanol–water partition coefficient (Wildman–Crippen LogP) is 4.41. The van der Waals surface area contributed by atoms with E-state index in [9.17, 15) is 9.59 Å². The van der Waals surface area contributed by atoms with Gasteiger partial charge in [0.1, 0.15) is 5.75 Å². The number of benzene rings is 3. The number of carbonyl (C=O) groups excluding carboxylic acids is 1. The number of halogens is 1. The van der Waals surface area contributed by atoms with Crippen LogP contribution in [0.25, 0.3) is 21.7 Å². The Hall–Kier alpha value is -3.38. The number of esters is 1. The highest BCUT2D eigenvalue weighted by molar-refractivity contribution is 6.35. The Morgan fingerprint density at radius 3 is 2.52 bits per heavy atom. The van der Waals surface area contributed by atoms with Crippen molar-refractivity contribution in [1.82, 2.24) is 9.97 Å². The first-order valence-electron chi connectivity index (χ1n) is 9.01. The number of H-pyrrole nitrogens is 1. The molecule has 1 aromatic heterocycles. The lowest BCUT2D eigenvalue weighted by molar-refractivity contribution is -0.151. The fraction of sp³-hybridized carbons (Fsp3) is 0.136. The van der Waals surface area contributed by atoms with E-state index >= 15 is 0 Å². The van der Waals surface area contributed by atoms with E-state index in [2.05, 4.69) is 9.97 Å². The number of rotatable bonds is 5. The van der Waals surface area contributed by atoms with Crippen molar-refractivity contribution in [2.75, 3.05) is 6.61 Å². The van der Waals surface area contributed by atoms with Crippen LogP contribution in [0.3, 0.4) is 0 Å². The smallest absolute Gasteiger partial charge is 0.344 e. The number of nitrogens with zero attached hydrogens (tertiary/aromatic N) is 1. The van der Waals surface area contributed by atoms with Gasteiger partial charge in [-0.2, -0.15) is 0 Å². The van der Waals surface area contributed by atoms with Gasteiger partial charge in [-0.25, -0.2) is 9.78 Å². The van der Waals surface area contributed by atoms with Crippen LogP contribution in [0.1, 0.15) is 18.9 Å². The number of nitrogens with one attached hydrogen (secondary N) is 1. The van der Waals surface area contributed by atoms with E-state index in [0.717, 1.165) is 10.8 Å². The molecule has 0 bridgehead atoms. The third kappa shape index (κ3) is 3.93. The van der Waals surface area contributed by atoms with Crippen molar-refractivity contribution in [1.29, 1.82) is 0 Å². The summed E-state index contributed by atoms with van der Waals surface area (Å²) in [6.45, 7) is 1.36. The SMILES string of the molecule is C[C@@H](OC(=O)COc1ccc(Cl)c2ccccc12)c1nc2ccccc2c(=O)[nH]1. The Morgan fingerprint density at radius 1 is 1.03 bits per heavy atom. The van der Waals surface area contributed by atoms with E-state index < -0.39 is 12.1 Å². The molecule has 4 rings (SSSR count). The Labute approximate surface area is 171 Å². The Kier molecular flexibility index (Phi) is 5.18. The number of para-hydroxylation sites is 1. The molecule has 0 saturated carbocycles. The van der Waals surface area contributed by atoms with Gasteiger partial charge in [0.05, 0.1) is 10.9 Å². The van der Waals surface area contributed by atoms with Gasteiger partial charge in [0.25, 0.3) is 5.56 Å². The molecular weight excluding hydrogens is 392 g/mol. The van der Waals surface area contributed by atoms with Crippen LogP contribution in [-0.2, 0) is 9.53 Å². The second-order valence-corrected chi connectivity index (χ2v) is 6.89. The molecular formula is C22H17ClN2O4. The van der Waals surface area contributed by atoms with Crippen molar-refractivity contribution in [2.24, 2.45) is 0 Å². The van der Waals surface area contributed by atoms with Gasteiger partial charge in [0.2, 0.25) is 0 Å². The van der Waals surface area contributed by atoms with Crippen LogP contribution in [0.2, 0.25) is 5.02 Å². The number of carbonyl (C=O) groups is 1. The number of fused-ring (bicyclic) bond motifs is 2. The van der Waals surface area contributed by atoms with E-state index in [4.69, 9.17) is 21.1 Å². The zero-order chi connectivity index (χ0) is 20.4. The minimum atomic E-state index is -0.731. The molecule has 146 valence electrons. The highest BCUT2D eigenvalue weighted by Gasteiger charge is 2.16. The van der Waals surface area contributed by atoms with Gasteiger partial charge in [0, 0.05) is 15.8 Å². The fourth-order valence-electron chi connectivity index (χ4n) is 3.08. The van der Waals surface area contributed by atoms with Crippen LogP contribution >= 0.6 is 11.6 Å². The molecule has 6 nitrogen and oxygen atoms in total. The molecule has 4 aromatic rings. The van der Waals surface area contributed by atoms with Crippen LogP contribution < -0.4 is 10.3 Å². The van der Waals surface area contributed by atoms with Crippen molar-refractivity contribution in [3.05, 3.63) is 81.9 Å². The van der Waals surface area contributed by atoms with Gasteiger partial charge >= 0.3 is 5.97 Å². The first kappa shape index (κ1) is 19.0. The molecule has 1 N–H and O–H groups in total. The Balaban J connectivity index is 1.47. The Morgan fingerprint density at radius 2 is 1.72 bits per heavy atom. The monoisotopic (exact) mass is 408 g/mol. The molecule has 7 heteroatoms. The molecule has 0 aliphatic heterocycles. The van der Waals surface area contributed by atoms with Gasteiger partial charge < -0.3 is 14.5 Å². The molecule has 0 unspecified atom stereocenters. The van der Waals surface area contributed by atoms with Gasteiger partial charge in [-0.15, -0.1) is 0 Å². The normalized spacial score (nSPS) is 12.1. The van der Waals surface area contributed by atoms with E-state index in [-0.39, 0.29) is 18.0 Å². The van der Waals surface area contributed by atoms with Gasteiger partial charge in [0.15, 0.2) is 18.5 Å². The number of hydrogen-bond acceptors (Lipinski definition) is 5. The lowest BCUT2D eigenvalue weighted by Crippen LogP contribution is -2.20. The average Bonchev–Trinajstić information content (AvgIpc) is 2.73. The summed E-state index contributed by atoms with van der Waals surface area (Å²) >= 11 is 6.20. The summed E-state index contributed by atoms with van der Waals surface area (Å²) in [4.78, 5) is 31.5. The molecule has 29 heavy (non-hydrogen) atoms. The molecule has 0 fully saturated rings.